The van der Waals surface area contributed by atoms with Gasteiger partial charge in [-0.05, 0) is 36.4 Å². The van der Waals surface area contributed by atoms with Gasteiger partial charge in [0.2, 0.25) is 5.89 Å². The molecule has 1 N–H and O–H groups in total. The average Bonchev–Trinajstić information content (AvgIpc) is 3.21. The number of carbonyl (C=O) groups excluding carboxylic acids is 1. The quantitative estimate of drug-likeness (QED) is 0.393. The molecule has 4 rings (SSSR count). The number of nitrogens with zero attached hydrogens (tertiary/aromatic N) is 1. The van der Waals surface area contributed by atoms with Gasteiger partial charge in [-0.15, -0.1) is 0 Å². The number of oxazole rings is 1. The second kappa shape index (κ2) is 7.97. The lowest BCUT2D eigenvalue weighted by atomic mass is 10.1. The lowest BCUT2D eigenvalue weighted by Crippen LogP contribution is -2.15. The van der Waals surface area contributed by atoms with E-state index in [1.807, 2.05) is 24.3 Å². The van der Waals surface area contributed by atoms with Crippen molar-refractivity contribution in [1.82, 2.24) is 4.98 Å². The molecule has 0 unspecified atom stereocenters. The summed E-state index contributed by atoms with van der Waals surface area (Å²) in [7, 11) is 0. The summed E-state index contributed by atoms with van der Waals surface area (Å²) in [5.74, 6) is -1.63. The summed E-state index contributed by atoms with van der Waals surface area (Å²) in [5, 5.41) is 2.29. The summed E-state index contributed by atoms with van der Waals surface area (Å²) in [6.07, 6.45) is 1.56. The summed E-state index contributed by atoms with van der Waals surface area (Å²) in [4.78, 5) is 17.0. The van der Waals surface area contributed by atoms with Crippen molar-refractivity contribution in [2.24, 2.45) is 0 Å². The molecule has 0 atom stereocenters. The number of hydrogen-bond acceptors (Lipinski definition) is 3. The van der Waals surface area contributed by atoms with Gasteiger partial charge in [0.05, 0.1) is 11.8 Å². The number of para-hydroxylation sites is 1. The van der Waals surface area contributed by atoms with Crippen LogP contribution in [-0.4, -0.2) is 10.9 Å². The smallest absolute Gasteiger partial charge is 0.256 e. The zero-order valence-corrected chi connectivity index (χ0v) is 16.4. The van der Waals surface area contributed by atoms with Crippen LogP contribution >= 0.6 is 15.9 Å². The van der Waals surface area contributed by atoms with Gasteiger partial charge in [-0.3, -0.25) is 4.79 Å². The maximum atomic E-state index is 13.9. The van der Waals surface area contributed by atoms with Crippen LogP contribution in [0.4, 0.5) is 14.5 Å². The van der Waals surface area contributed by atoms with Gasteiger partial charge in [0.1, 0.15) is 17.3 Å². The van der Waals surface area contributed by atoms with E-state index in [1.165, 1.54) is 12.1 Å². The van der Waals surface area contributed by atoms with E-state index < -0.39 is 23.2 Å². The molecule has 0 spiro atoms. The monoisotopic (exact) mass is 454 g/mol. The van der Waals surface area contributed by atoms with Crippen molar-refractivity contribution in [1.29, 1.82) is 0 Å². The minimum absolute atomic E-state index is 0.180. The predicted molar refractivity (Wildman–Crippen MR) is 109 cm³/mol. The second-order valence-electron chi connectivity index (χ2n) is 6.13. The second-order valence-corrected chi connectivity index (χ2v) is 7.05. The number of benzene rings is 3. The molecule has 0 radical (unpaired) electrons. The number of rotatable bonds is 4. The molecular weight excluding hydrogens is 442 g/mol. The molecule has 0 aliphatic rings. The number of hydrogen-bond donors (Lipinski definition) is 1. The molecule has 1 amide bonds. The molecule has 4 aromatic rings. The van der Waals surface area contributed by atoms with Crippen molar-refractivity contribution in [3.63, 3.8) is 0 Å². The molecule has 0 aliphatic carbocycles. The van der Waals surface area contributed by atoms with Crippen molar-refractivity contribution in [2.75, 3.05) is 5.32 Å². The van der Waals surface area contributed by atoms with Crippen LogP contribution in [0.3, 0.4) is 0 Å². The van der Waals surface area contributed by atoms with E-state index in [9.17, 15) is 13.6 Å². The minimum Gasteiger partial charge on any atom is -0.436 e. The first-order valence-corrected chi connectivity index (χ1v) is 9.39. The number of halogens is 3. The lowest BCUT2D eigenvalue weighted by molar-refractivity contribution is 0.102. The normalized spacial score (nSPS) is 10.7. The van der Waals surface area contributed by atoms with E-state index in [4.69, 9.17) is 4.42 Å². The zero-order valence-electron chi connectivity index (χ0n) is 14.8. The minimum atomic E-state index is -0.857. The Bertz CT molecular complexity index is 1170. The van der Waals surface area contributed by atoms with Crippen molar-refractivity contribution in [3.05, 3.63) is 94.6 Å². The van der Waals surface area contributed by atoms with Gasteiger partial charge >= 0.3 is 0 Å². The van der Waals surface area contributed by atoms with Crippen molar-refractivity contribution < 1.29 is 18.0 Å². The largest absolute Gasteiger partial charge is 0.436 e. The van der Waals surface area contributed by atoms with E-state index in [0.717, 1.165) is 22.2 Å². The SMILES string of the molecule is O=C(Nc1c(F)cccc1F)c1ccccc1-c1ncc(-c2ccc(Br)cc2)o1. The van der Waals surface area contributed by atoms with Crippen LogP contribution < -0.4 is 5.32 Å². The highest BCUT2D eigenvalue weighted by Gasteiger charge is 2.19. The highest BCUT2D eigenvalue weighted by atomic mass is 79.9. The zero-order chi connectivity index (χ0) is 20.4. The van der Waals surface area contributed by atoms with Crippen LogP contribution in [0.5, 0.6) is 0 Å². The van der Waals surface area contributed by atoms with Gasteiger partial charge in [-0.25, -0.2) is 13.8 Å². The van der Waals surface area contributed by atoms with Crippen LogP contribution in [-0.2, 0) is 0 Å². The first-order valence-electron chi connectivity index (χ1n) is 8.59. The average molecular weight is 455 g/mol. The van der Waals surface area contributed by atoms with Crippen LogP contribution in [0.15, 0.2) is 81.8 Å². The van der Waals surface area contributed by atoms with E-state index in [2.05, 4.69) is 26.2 Å². The Hall–Kier alpha value is -3.32. The topological polar surface area (TPSA) is 55.1 Å². The fourth-order valence-corrected chi connectivity index (χ4v) is 3.08. The first kappa shape index (κ1) is 19.0. The summed E-state index contributed by atoms with van der Waals surface area (Å²) < 4.78 is 34.5. The third-order valence-corrected chi connectivity index (χ3v) is 4.77. The maximum Gasteiger partial charge on any atom is 0.256 e. The van der Waals surface area contributed by atoms with Crippen LogP contribution in [0, 0.1) is 11.6 Å². The maximum absolute atomic E-state index is 13.9. The number of carbonyl (C=O) groups is 1. The van der Waals surface area contributed by atoms with Crippen molar-refractivity contribution in [3.8, 4) is 22.8 Å². The number of nitrogens with one attached hydrogen (secondary N) is 1. The molecule has 0 fully saturated rings. The van der Waals surface area contributed by atoms with E-state index in [-0.39, 0.29) is 11.5 Å². The van der Waals surface area contributed by atoms with Crippen LogP contribution in [0.1, 0.15) is 10.4 Å². The molecule has 4 nitrogen and oxygen atoms in total. The molecular formula is C22H13BrF2N2O2. The molecule has 0 saturated carbocycles. The molecule has 144 valence electrons. The molecule has 0 aliphatic heterocycles. The predicted octanol–water partition coefficient (Wildman–Crippen LogP) is 6.30. The Morgan fingerprint density at radius 2 is 1.62 bits per heavy atom. The molecule has 1 aromatic heterocycles. The van der Waals surface area contributed by atoms with Crippen molar-refractivity contribution in [2.45, 2.75) is 0 Å². The van der Waals surface area contributed by atoms with Gasteiger partial charge in [0.15, 0.2) is 5.76 Å². The summed E-state index contributed by atoms with van der Waals surface area (Å²) in [6, 6.07) is 17.4. The Kier molecular flexibility index (Phi) is 5.22. The third-order valence-electron chi connectivity index (χ3n) is 4.24. The number of aromatic nitrogens is 1. The van der Waals surface area contributed by atoms with Gasteiger partial charge in [0.25, 0.3) is 5.91 Å². The van der Waals surface area contributed by atoms with Gasteiger partial charge in [-0.2, -0.15) is 0 Å². The molecule has 0 bridgehead atoms. The summed E-state index contributed by atoms with van der Waals surface area (Å²) in [6.45, 7) is 0. The molecule has 1 heterocycles. The van der Waals surface area contributed by atoms with Gasteiger partial charge < -0.3 is 9.73 Å². The van der Waals surface area contributed by atoms with Gasteiger partial charge in [0, 0.05) is 15.6 Å². The van der Waals surface area contributed by atoms with E-state index in [1.54, 1.807) is 24.4 Å². The highest BCUT2D eigenvalue weighted by molar-refractivity contribution is 9.10. The Balaban J connectivity index is 1.67. The Labute approximate surface area is 173 Å². The summed E-state index contributed by atoms with van der Waals surface area (Å²) >= 11 is 3.38. The standard InChI is InChI=1S/C22H13BrF2N2O2/c23-14-10-8-13(9-11-14)19-12-26-22(29-19)16-5-2-1-4-15(16)21(28)27-20-17(24)6-3-7-18(20)25/h1-12H,(H,27,28). The van der Waals surface area contributed by atoms with Crippen LogP contribution in [0.25, 0.3) is 22.8 Å². The molecule has 3 aromatic carbocycles. The Morgan fingerprint density at radius 3 is 2.34 bits per heavy atom. The van der Waals surface area contributed by atoms with Gasteiger partial charge in [-0.1, -0.05) is 46.3 Å². The molecule has 7 heteroatoms. The molecule has 0 saturated heterocycles. The van der Waals surface area contributed by atoms with E-state index in [0.29, 0.717) is 11.3 Å². The highest BCUT2D eigenvalue weighted by Crippen LogP contribution is 2.29. The number of anilines is 1. The third kappa shape index (κ3) is 3.95. The lowest BCUT2D eigenvalue weighted by Gasteiger charge is -2.09. The van der Waals surface area contributed by atoms with Crippen LogP contribution in [0.2, 0.25) is 0 Å². The molecule has 29 heavy (non-hydrogen) atoms. The Morgan fingerprint density at radius 1 is 0.931 bits per heavy atom. The first-order chi connectivity index (χ1) is 14.0. The van der Waals surface area contributed by atoms with Crippen molar-refractivity contribution >= 4 is 27.5 Å². The number of amides is 1. The fraction of sp³-hybridized carbons (Fsp3) is 0. The summed E-state index contributed by atoms with van der Waals surface area (Å²) in [5.41, 5.74) is 0.905. The van der Waals surface area contributed by atoms with E-state index >= 15 is 0 Å². The fourth-order valence-electron chi connectivity index (χ4n) is 2.81.